The van der Waals surface area contributed by atoms with Crippen LogP contribution in [0.3, 0.4) is 0 Å². The van der Waals surface area contributed by atoms with Crippen molar-refractivity contribution in [3.63, 3.8) is 0 Å². The van der Waals surface area contributed by atoms with E-state index in [1.807, 2.05) is 0 Å². The van der Waals surface area contributed by atoms with Crippen LogP contribution in [0.5, 0.6) is 0 Å². The van der Waals surface area contributed by atoms with Crippen molar-refractivity contribution in [1.29, 1.82) is 0 Å². The maximum Gasteiger partial charge on any atom is 0.472 e. The molecule has 1 unspecified atom stereocenters. The van der Waals surface area contributed by atoms with Crippen molar-refractivity contribution in [1.82, 2.24) is 0 Å². The second kappa shape index (κ2) is 40.8. The molecule has 0 aromatic rings. The number of carbonyl (C=O) groups excluding carboxylic acids is 2. The van der Waals surface area contributed by atoms with Crippen LogP contribution in [0.4, 0.5) is 0 Å². The number of allylic oxidation sites excluding steroid dienone is 14. The highest BCUT2D eigenvalue weighted by molar-refractivity contribution is 7.47. The van der Waals surface area contributed by atoms with Gasteiger partial charge < -0.3 is 20.1 Å². The Bertz CT molecular complexity index is 1170. The van der Waals surface area contributed by atoms with E-state index in [4.69, 9.17) is 24.3 Å². The molecule has 0 fully saturated rings. The molecule has 9 nitrogen and oxygen atoms in total. The summed E-state index contributed by atoms with van der Waals surface area (Å²) in [4.78, 5) is 34.8. The summed E-state index contributed by atoms with van der Waals surface area (Å²) in [5, 5.41) is 0. The van der Waals surface area contributed by atoms with E-state index in [-0.39, 0.29) is 32.6 Å². The maximum absolute atomic E-state index is 12.6. The fraction of sp³-hybridized carbons (Fsp3) is 0.644. The molecule has 0 aromatic heterocycles. The summed E-state index contributed by atoms with van der Waals surface area (Å²) in [6.45, 7) is 3.51. The zero-order valence-electron chi connectivity index (χ0n) is 34.4. The van der Waals surface area contributed by atoms with E-state index in [9.17, 15) is 19.0 Å². The van der Waals surface area contributed by atoms with Gasteiger partial charge in [0.15, 0.2) is 6.10 Å². The number of esters is 2. The molecular formula is C45H76NO8P. The largest absolute Gasteiger partial charge is 0.472 e. The van der Waals surface area contributed by atoms with Crippen LogP contribution in [0.15, 0.2) is 85.1 Å². The average molecular weight is 790 g/mol. The van der Waals surface area contributed by atoms with Gasteiger partial charge >= 0.3 is 19.8 Å². The predicted octanol–water partition coefficient (Wildman–Crippen LogP) is 12.0. The van der Waals surface area contributed by atoms with E-state index < -0.39 is 32.5 Å². The maximum atomic E-state index is 12.6. The normalized spacial score (nSPS) is 14.2. The lowest BCUT2D eigenvalue weighted by molar-refractivity contribution is -0.161. The standard InChI is InChI=1S/C45H76NO8P/c1-3-5-7-9-11-13-15-17-19-21-23-25-27-29-31-33-35-37-44(47)51-41-43(42-53-55(49,50)52-40-39-46)54-45(48)38-36-34-32-30-28-26-24-22-20-18-16-14-12-10-8-6-4-2/h5,7,11-14,17-20,23-26,43H,3-4,6,8-10,15-16,21-22,27-42,46H2,1-2H3,(H,49,50)/t43-/m1/s1. The molecule has 0 heterocycles. The van der Waals surface area contributed by atoms with Crippen LogP contribution in [0.1, 0.15) is 155 Å². The number of hydrogen-bond donors (Lipinski definition) is 2. The van der Waals surface area contributed by atoms with Gasteiger partial charge in [0, 0.05) is 19.4 Å². The van der Waals surface area contributed by atoms with Gasteiger partial charge in [-0.15, -0.1) is 0 Å². The van der Waals surface area contributed by atoms with Crippen molar-refractivity contribution in [3.8, 4) is 0 Å². The molecule has 3 N–H and O–H groups in total. The SMILES string of the molecule is CCC=CCC=CCC=CCC=CCCCCCCC(=O)OC[C@H](COP(=O)(O)OCCN)OC(=O)CCCCCCC=CCC=CCC=CCCCCC. The van der Waals surface area contributed by atoms with E-state index >= 15 is 0 Å². The number of rotatable bonds is 38. The highest BCUT2D eigenvalue weighted by Gasteiger charge is 2.25. The van der Waals surface area contributed by atoms with Crippen molar-refractivity contribution in [2.24, 2.45) is 5.73 Å². The Balaban J connectivity index is 4.28. The molecule has 314 valence electrons. The van der Waals surface area contributed by atoms with Gasteiger partial charge in [-0.1, -0.05) is 137 Å². The van der Waals surface area contributed by atoms with E-state index in [0.717, 1.165) is 89.9 Å². The minimum absolute atomic E-state index is 0.0410. The topological polar surface area (TPSA) is 134 Å². The monoisotopic (exact) mass is 790 g/mol. The number of phosphoric acid groups is 1. The molecule has 0 radical (unpaired) electrons. The Hall–Kier alpha value is -2.81. The third-order valence-electron chi connectivity index (χ3n) is 8.27. The zero-order chi connectivity index (χ0) is 40.3. The van der Waals surface area contributed by atoms with Gasteiger partial charge in [-0.2, -0.15) is 0 Å². The lowest BCUT2D eigenvalue weighted by Crippen LogP contribution is -2.29. The fourth-order valence-electron chi connectivity index (χ4n) is 5.16. The summed E-state index contributed by atoms with van der Waals surface area (Å²) in [5.74, 6) is -0.891. The summed E-state index contributed by atoms with van der Waals surface area (Å²) in [6, 6.07) is 0. The van der Waals surface area contributed by atoms with E-state index in [2.05, 4.69) is 98.9 Å². The van der Waals surface area contributed by atoms with Gasteiger partial charge in [-0.25, -0.2) is 4.57 Å². The smallest absolute Gasteiger partial charge is 0.462 e. The van der Waals surface area contributed by atoms with Gasteiger partial charge in [0.1, 0.15) is 6.61 Å². The first kappa shape index (κ1) is 52.2. The summed E-state index contributed by atoms with van der Waals surface area (Å²) in [5.41, 5.74) is 5.34. The van der Waals surface area contributed by atoms with Crippen LogP contribution in [0, 0.1) is 0 Å². The highest BCUT2D eigenvalue weighted by atomic mass is 31.2. The third-order valence-corrected chi connectivity index (χ3v) is 9.25. The zero-order valence-corrected chi connectivity index (χ0v) is 35.3. The summed E-state index contributed by atoms with van der Waals surface area (Å²) in [6.07, 6.45) is 50.4. The lowest BCUT2D eigenvalue weighted by Gasteiger charge is -2.19. The minimum Gasteiger partial charge on any atom is -0.462 e. The van der Waals surface area contributed by atoms with Gasteiger partial charge in [0.2, 0.25) is 0 Å². The quantitative estimate of drug-likeness (QED) is 0.0271. The first-order chi connectivity index (χ1) is 26.8. The van der Waals surface area contributed by atoms with Crippen molar-refractivity contribution in [3.05, 3.63) is 85.1 Å². The molecule has 0 aromatic carbocycles. The molecule has 0 rings (SSSR count). The Labute approximate surface area is 334 Å². The Kier molecular flexibility index (Phi) is 38.8. The highest BCUT2D eigenvalue weighted by Crippen LogP contribution is 2.43. The average Bonchev–Trinajstić information content (AvgIpc) is 3.17. The number of nitrogens with two attached hydrogens (primary N) is 1. The van der Waals surface area contributed by atoms with E-state index in [1.54, 1.807) is 0 Å². The lowest BCUT2D eigenvalue weighted by atomic mass is 10.1. The minimum atomic E-state index is -4.39. The van der Waals surface area contributed by atoms with Gasteiger partial charge in [-0.05, 0) is 89.9 Å². The number of hydrogen-bond acceptors (Lipinski definition) is 8. The predicted molar refractivity (Wildman–Crippen MR) is 229 cm³/mol. The van der Waals surface area contributed by atoms with Crippen LogP contribution < -0.4 is 5.73 Å². The molecule has 0 aliphatic heterocycles. The molecule has 0 saturated carbocycles. The molecular weight excluding hydrogens is 713 g/mol. The van der Waals surface area contributed by atoms with Crippen LogP contribution in [0.25, 0.3) is 0 Å². The molecule has 0 amide bonds. The van der Waals surface area contributed by atoms with Crippen molar-refractivity contribution >= 4 is 19.8 Å². The summed E-state index contributed by atoms with van der Waals surface area (Å²) < 4.78 is 32.7. The number of unbranched alkanes of at least 4 members (excludes halogenated alkanes) is 11. The molecule has 0 spiro atoms. The second-order valence-corrected chi connectivity index (χ2v) is 14.9. The van der Waals surface area contributed by atoms with Crippen molar-refractivity contribution < 1.29 is 37.6 Å². The Morgan fingerprint density at radius 2 is 1.00 bits per heavy atom. The summed E-state index contributed by atoms with van der Waals surface area (Å²) in [7, 11) is -4.39. The van der Waals surface area contributed by atoms with Crippen LogP contribution in [0.2, 0.25) is 0 Å². The van der Waals surface area contributed by atoms with Crippen LogP contribution in [-0.4, -0.2) is 49.3 Å². The van der Waals surface area contributed by atoms with Crippen molar-refractivity contribution in [2.45, 2.75) is 161 Å². The molecule has 0 aliphatic rings. The Morgan fingerprint density at radius 3 is 1.47 bits per heavy atom. The molecule has 10 heteroatoms. The number of ether oxygens (including phenoxy) is 2. The van der Waals surface area contributed by atoms with Crippen LogP contribution >= 0.6 is 7.82 Å². The van der Waals surface area contributed by atoms with Crippen molar-refractivity contribution in [2.75, 3.05) is 26.4 Å². The molecule has 55 heavy (non-hydrogen) atoms. The fourth-order valence-corrected chi connectivity index (χ4v) is 5.92. The third kappa shape index (κ3) is 40.7. The van der Waals surface area contributed by atoms with Gasteiger partial charge in [-0.3, -0.25) is 18.6 Å². The first-order valence-corrected chi connectivity index (χ1v) is 22.6. The summed E-state index contributed by atoms with van der Waals surface area (Å²) >= 11 is 0. The molecule has 0 saturated heterocycles. The number of carbonyl (C=O) groups is 2. The van der Waals surface area contributed by atoms with E-state index in [0.29, 0.717) is 12.8 Å². The first-order valence-electron chi connectivity index (χ1n) is 21.1. The number of phosphoric ester groups is 1. The van der Waals surface area contributed by atoms with Gasteiger partial charge in [0.25, 0.3) is 0 Å². The van der Waals surface area contributed by atoms with Crippen LogP contribution in [-0.2, 0) is 32.7 Å². The van der Waals surface area contributed by atoms with E-state index in [1.165, 1.54) is 25.7 Å². The molecule has 2 atom stereocenters. The second-order valence-electron chi connectivity index (χ2n) is 13.5. The molecule has 0 aliphatic carbocycles. The Morgan fingerprint density at radius 1 is 0.564 bits per heavy atom. The van der Waals surface area contributed by atoms with Gasteiger partial charge in [0.05, 0.1) is 13.2 Å². The molecule has 0 bridgehead atoms.